The summed E-state index contributed by atoms with van der Waals surface area (Å²) in [6, 6.07) is 11.2. The number of rotatable bonds is 4. The Kier molecular flexibility index (Phi) is 4.01. The fraction of sp³-hybridized carbons (Fsp3) is 0.200. The Morgan fingerprint density at radius 1 is 1.33 bits per heavy atom. The van der Waals surface area contributed by atoms with Gasteiger partial charge in [-0.25, -0.2) is 4.98 Å². The molecule has 4 nitrogen and oxygen atoms in total. The van der Waals surface area contributed by atoms with Crippen LogP contribution in [0.1, 0.15) is 15.9 Å². The van der Waals surface area contributed by atoms with Crippen LogP contribution in [0.3, 0.4) is 0 Å². The molecule has 2 heterocycles. The first kappa shape index (κ1) is 14.2. The molecule has 0 saturated carbocycles. The van der Waals surface area contributed by atoms with E-state index in [-0.39, 0.29) is 5.91 Å². The van der Waals surface area contributed by atoms with E-state index in [1.165, 1.54) is 11.3 Å². The van der Waals surface area contributed by atoms with E-state index < -0.39 is 6.04 Å². The van der Waals surface area contributed by atoms with Gasteiger partial charge in [-0.3, -0.25) is 4.79 Å². The van der Waals surface area contributed by atoms with Gasteiger partial charge in [0, 0.05) is 11.9 Å². The van der Waals surface area contributed by atoms with Gasteiger partial charge in [-0.1, -0.05) is 18.2 Å². The first-order valence-corrected chi connectivity index (χ1v) is 8.23. The number of carbonyl (C=O) groups excluding carboxylic acids is 1. The van der Waals surface area contributed by atoms with Crippen LogP contribution in [-0.2, 0) is 11.3 Å². The third-order valence-electron chi connectivity index (χ3n) is 3.20. The highest BCUT2D eigenvalue weighted by Crippen LogP contribution is 2.24. The lowest BCUT2D eigenvalue weighted by atomic mass is 10.2. The highest BCUT2D eigenvalue weighted by Gasteiger charge is 2.21. The fourth-order valence-electron chi connectivity index (χ4n) is 2.10. The number of fused-ring (bicyclic) bond motifs is 1. The van der Waals surface area contributed by atoms with E-state index in [4.69, 9.17) is 5.73 Å². The third kappa shape index (κ3) is 2.97. The van der Waals surface area contributed by atoms with Crippen molar-refractivity contribution >= 4 is 38.8 Å². The number of para-hydroxylation sites is 1. The number of benzene rings is 1. The number of carbonyl (C=O) groups is 1. The summed E-state index contributed by atoms with van der Waals surface area (Å²) in [6.45, 7) is 0.483. The highest BCUT2D eigenvalue weighted by molar-refractivity contribution is 7.18. The van der Waals surface area contributed by atoms with Gasteiger partial charge in [0.25, 0.3) is 0 Å². The number of hydrogen-bond acceptors (Lipinski definition) is 5. The minimum absolute atomic E-state index is 0.0864. The second kappa shape index (κ2) is 5.93. The Bertz CT molecular complexity index is 718. The van der Waals surface area contributed by atoms with Crippen LogP contribution in [0.2, 0.25) is 0 Å². The Hall–Kier alpha value is -1.76. The zero-order valence-electron chi connectivity index (χ0n) is 11.5. The second-order valence-corrected chi connectivity index (χ2v) is 6.86. The minimum atomic E-state index is -0.593. The number of aromatic nitrogens is 1. The molecule has 0 bridgehead atoms. The molecule has 0 radical (unpaired) electrons. The van der Waals surface area contributed by atoms with Crippen LogP contribution in [0.4, 0.5) is 0 Å². The molecule has 2 N–H and O–H groups in total. The molecule has 1 amide bonds. The average molecular weight is 317 g/mol. The SMILES string of the molecule is CN(Cc1nc2ccccc2s1)C(=O)C(N)c1cccs1. The first-order valence-electron chi connectivity index (χ1n) is 6.53. The number of amides is 1. The molecule has 0 aliphatic heterocycles. The van der Waals surface area contributed by atoms with Crippen LogP contribution < -0.4 is 5.73 Å². The van der Waals surface area contributed by atoms with Crippen molar-refractivity contribution < 1.29 is 4.79 Å². The molecule has 0 saturated heterocycles. The Labute approximate surface area is 130 Å². The summed E-state index contributed by atoms with van der Waals surface area (Å²) < 4.78 is 1.14. The maximum Gasteiger partial charge on any atom is 0.245 e. The quantitative estimate of drug-likeness (QED) is 0.804. The van der Waals surface area contributed by atoms with Crippen molar-refractivity contribution in [3.63, 3.8) is 0 Å². The summed E-state index contributed by atoms with van der Waals surface area (Å²) in [5.41, 5.74) is 6.99. The fourth-order valence-corrected chi connectivity index (χ4v) is 3.84. The van der Waals surface area contributed by atoms with Crippen molar-refractivity contribution in [2.45, 2.75) is 12.6 Å². The summed E-state index contributed by atoms with van der Waals surface area (Å²) in [6.07, 6.45) is 0. The molecule has 0 aliphatic carbocycles. The molecule has 6 heteroatoms. The smallest absolute Gasteiger partial charge is 0.245 e. The molecule has 2 aromatic heterocycles. The summed E-state index contributed by atoms with van der Waals surface area (Å²) in [5, 5.41) is 2.85. The summed E-state index contributed by atoms with van der Waals surface area (Å²) in [4.78, 5) is 19.4. The van der Waals surface area contributed by atoms with E-state index in [2.05, 4.69) is 4.98 Å². The van der Waals surface area contributed by atoms with E-state index in [0.717, 1.165) is 20.1 Å². The number of nitrogens with two attached hydrogens (primary N) is 1. The molecule has 21 heavy (non-hydrogen) atoms. The Morgan fingerprint density at radius 2 is 2.14 bits per heavy atom. The lowest BCUT2D eigenvalue weighted by molar-refractivity contribution is -0.131. The molecular weight excluding hydrogens is 302 g/mol. The largest absolute Gasteiger partial charge is 0.337 e. The van der Waals surface area contributed by atoms with Crippen molar-refractivity contribution in [1.29, 1.82) is 0 Å². The Morgan fingerprint density at radius 3 is 2.86 bits per heavy atom. The molecule has 3 rings (SSSR count). The maximum atomic E-state index is 12.3. The normalized spacial score (nSPS) is 12.5. The highest BCUT2D eigenvalue weighted by atomic mass is 32.1. The third-order valence-corrected chi connectivity index (χ3v) is 5.18. The van der Waals surface area contributed by atoms with Gasteiger partial charge >= 0.3 is 0 Å². The van der Waals surface area contributed by atoms with Crippen LogP contribution in [0.25, 0.3) is 10.2 Å². The predicted octanol–water partition coefficient (Wildman–Crippen LogP) is 3.02. The minimum Gasteiger partial charge on any atom is -0.337 e. The topological polar surface area (TPSA) is 59.2 Å². The van der Waals surface area contributed by atoms with Crippen molar-refractivity contribution in [2.75, 3.05) is 7.05 Å². The molecule has 0 fully saturated rings. The summed E-state index contributed by atoms with van der Waals surface area (Å²) in [5.74, 6) is -0.0864. The molecule has 1 atom stereocenters. The van der Waals surface area contributed by atoms with Gasteiger partial charge in [0.1, 0.15) is 11.0 Å². The van der Waals surface area contributed by atoms with E-state index in [1.54, 1.807) is 23.3 Å². The predicted molar refractivity (Wildman–Crippen MR) is 87.3 cm³/mol. The van der Waals surface area contributed by atoms with E-state index in [1.807, 2.05) is 41.8 Å². The molecular formula is C15H15N3OS2. The summed E-state index contributed by atoms with van der Waals surface area (Å²) >= 11 is 3.11. The first-order chi connectivity index (χ1) is 10.1. The molecule has 1 aromatic carbocycles. The number of thiazole rings is 1. The van der Waals surface area contributed by atoms with E-state index in [9.17, 15) is 4.79 Å². The van der Waals surface area contributed by atoms with Crippen molar-refractivity contribution in [1.82, 2.24) is 9.88 Å². The average Bonchev–Trinajstić information content (AvgIpc) is 3.14. The van der Waals surface area contributed by atoms with E-state index >= 15 is 0 Å². The van der Waals surface area contributed by atoms with Crippen molar-refractivity contribution in [3.8, 4) is 0 Å². The van der Waals surface area contributed by atoms with Gasteiger partial charge in [0.2, 0.25) is 5.91 Å². The molecule has 3 aromatic rings. The van der Waals surface area contributed by atoms with Gasteiger partial charge in [0.15, 0.2) is 0 Å². The van der Waals surface area contributed by atoms with Gasteiger partial charge in [0.05, 0.1) is 16.8 Å². The van der Waals surface area contributed by atoms with Gasteiger partial charge in [-0.15, -0.1) is 22.7 Å². The lowest BCUT2D eigenvalue weighted by Gasteiger charge is -2.19. The van der Waals surface area contributed by atoms with Crippen LogP contribution in [0.15, 0.2) is 41.8 Å². The van der Waals surface area contributed by atoms with Crippen LogP contribution >= 0.6 is 22.7 Å². The lowest BCUT2D eigenvalue weighted by Crippen LogP contribution is -2.35. The van der Waals surface area contributed by atoms with Crippen molar-refractivity contribution in [2.24, 2.45) is 5.73 Å². The summed E-state index contributed by atoms with van der Waals surface area (Å²) in [7, 11) is 1.77. The molecule has 108 valence electrons. The number of thiophene rings is 1. The second-order valence-electron chi connectivity index (χ2n) is 4.76. The molecule has 0 spiro atoms. The van der Waals surface area contributed by atoms with Crippen molar-refractivity contribution in [3.05, 3.63) is 51.7 Å². The zero-order valence-corrected chi connectivity index (χ0v) is 13.2. The maximum absolute atomic E-state index is 12.3. The monoisotopic (exact) mass is 317 g/mol. The van der Waals surface area contributed by atoms with Crippen LogP contribution in [0, 0.1) is 0 Å². The molecule has 0 aliphatic rings. The Balaban J connectivity index is 1.73. The van der Waals surface area contributed by atoms with Gasteiger partial charge in [-0.05, 0) is 23.6 Å². The van der Waals surface area contributed by atoms with Gasteiger partial charge in [-0.2, -0.15) is 0 Å². The van der Waals surface area contributed by atoms with Crippen LogP contribution in [0.5, 0.6) is 0 Å². The number of hydrogen-bond donors (Lipinski definition) is 1. The van der Waals surface area contributed by atoms with Gasteiger partial charge < -0.3 is 10.6 Å². The number of likely N-dealkylation sites (N-methyl/N-ethyl adjacent to an activating group) is 1. The molecule has 1 unspecified atom stereocenters. The standard InChI is InChI=1S/C15H15N3OS2/c1-18(15(19)14(16)12-7-4-8-20-12)9-13-17-10-5-2-3-6-11(10)21-13/h2-8,14H,9,16H2,1H3. The van der Waals surface area contributed by atoms with E-state index in [0.29, 0.717) is 6.54 Å². The van der Waals surface area contributed by atoms with Crippen LogP contribution in [-0.4, -0.2) is 22.8 Å². The number of nitrogens with zero attached hydrogens (tertiary/aromatic N) is 2. The zero-order chi connectivity index (χ0) is 14.8.